The number of nitrogens with one attached hydrogen (secondary N) is 3. The second-order valence-electron chi connectivity index (χ2n) is 4.05. The summed E-state index contributed by atoms with van der Waals surface area (Å²) in [7, 11) is 1.56. The summed E-state index contributed by atoms with van der Waals surface area (Å²) < 4.78 is 10.6. The highest BCUT2D eigenvalue weighted by molar-refractivity contribution is 9.10. The number of aromatic nitrogens is 2. The zero-order chi connectivity index (χ0) is 14.5. The van der Waals surface area contributed by atoms with Gasteiger partial charge in [-0.3, -0.25) is 4.79 Å². The Balaban J connectivity index is 2.03. The van der Waals surface area contributed by atoms with Gasteiger partial charge in [0.05, 0.1) is 29.9 Å². The molecule has 0 radical (unpaired) electrons. The van der Waals surface area contributed by atoms with E-state index >= 15 is 0 Å². The number of halogens is 1. The number of hydrogen-bond acceptors (Lipinski definition) is 4. The Kier molecular flexibility index (Phi) is 4.94. The standard InChI is InChI=1S/C12H14BrN3O4/c1-19-2-3-20-6-11(17)14-8-5-10-9(4-7(8)13)15-12(18)16-10/h4-5H,2-3,6H2,1H3,(H,14,17)(H2,15,16,18). The van der Waals surface area contributed by atoms with Gasteiger partial charge in [0, 0.05) is 11.6 Å². The summed E-state index contributed by atoms with van der Waals surface area (Å²) in [6.45, 7) is 0.736. The van der Waals surface area contributed by atoms with E-state index in [-0.39, 0.29) is 18.2 Å². The van der Waals surface area contributed by atoms with Crippen LogP contribution in [0.25, 0.3) is 11.0 Å². The van der Waals surface area contributed by atoms with Crippen molar-refractivity contribution in [1.82, 2.24) is 9.97 Å². The normalized spacial score (nSPS) is 10.9. The fraction of sp³-hybridized carbons (Fsp3) is 0.333. The highest BCUT2D eigenvalue weighted by atomic mass is 79.9. The fourth-order valence-electron chi connectivity index (χ4n) is 1.65. The van der Waals surface area contributed by atoms with Crippen LogP contribution in [-0.2, 0) is 14.3 Å². The van der Waals surface area contributed by atoms with E-state index in [0.717, 1.165) is 0 Å². The van der Waals surface area contributed by atoms with E-state index in [2.05, 4.69) is 31.2 Å². The summed E-state index contributed by atoms with van der Waals surface area (Å²) in [5, 5.41) is 2.70. The van der Waals surface area contributed by atoms with Gasteiger partial charge in [-0.2, -0.15) is 0 Å². The molecule has 7 nitrogen and oxygen atoms in total. The van der Waals surface area contributed by atoms with E-state index in [9.17, 15) is 9.59 Å². The van der Waals surface area contributed by atoms with E-state index in [1.54, 1.807) is 19.2 Å². The van der Waals surface area contributed by atoms with Gasteiger partial charge < -0.3 is 24.8 Å². The molecule has 0 saturated carbocycles. The van der Waals surface area contributed by atoms with Gasteiger partial charge in [-0.1, -0.05) is 0 Å². The molecule has 0 saturated heterocycles. The van der Waals surface area contributed by atoms with Crippen LogP contribution >= 0.6 is 15.9 Å². The number of benzene rings is 1. The number of methoxy groups -OCH3 is 1. The van der Waals surface area contributed by atoms with Gasteiger partial charge in [0.15, 0.2) is 0 Å². The molecule has 1 amide bonds. The second kappa shape index (κ2) is 6.69. The van der Waals surface area contributed by atoms with Crippen molar-refractivity contribution in [2.24, 2.45) is 0 Å². The van der Waals surface area contributed by atoms with Crippen molar-refractivity contribution in [2.45, 2.75) is 0 Å². The minimum absolute atomic E-state index is 0.0580. The number of anilines is 1. The van der Waals surface area contributed by atoms with Crippen LogP contribution in [0.1, 0.15) is 0 Å². The number of ether oxygens (including phenoxy) is 2. The molecule has 20 heavy (non-hydrogen) atoms. The average Bonchev–Trinajstić information content (AvgIpc) is 2.74. The number of hydrogen-bond donors (Lipinski definition) is 3. The summed E-state index contributed by atoms with van der Waals surface area (Å²) in [4.78, 5) is 28.1. The van der Waals surface area contributed by atoms with Crippen molar-refractivity contribution in [3.63, 3.8) is 0 Å². The molecule has 1 heterocycles. The number of carbonyl (C=O) groups is 1. The Bertz CT molecular complexity index is 664. The maximum Gasteiger partial charge on any atom is 0.323 e. The first-order valence-corrected chi connectivity index (χ1v) is 6.67. The minimum Gasteiger partial charge on any atom is -0.382 e. The Hall–Kier alpha value is -1.64. The largest absolute Gasteiger partial charge is 0.382 e. The van der Waals surface area contributed by atoms with E-state index in [4.69, 9.17) is 9.47 Å². The van der Waals surface area contributed by atoms with Crippen LogP contribution in [0.3, 0.4) is 0 Å². The van der Waals surface area contributed by atoms with Gasteiger partial charge in [-0.15, -0.1) is 0 Å². The van der Waals surface area contributed by atoms with Crippen molar-refractivity contribution in [3.8, 4) is 0 Å². The lowest BCUT2D eigenvalue weighted by Crippen LogP contribution is -2.19. The zero-order valence-corrected chi connectivity index (χ0v) is 12.4. The zero-order valence-electron chi connectivity index (χ0n) is 10.8. The highest BCUT2D eigenvalue weighted by Crippen LogP contribution is 2.26. The molecule has 0 spiro atoms. The maximum absolute atomic E-state index is 11.7. The van der Waals surface area contributed by atoms with Crippen LogP contribution in [0.5, 0.6) is 0 Å². The van der Waals surface area contributed by atoms with Crippen LogP contribution in [0, 0.1) is 0 Å². The molecule has 0 fully saturated rings. The van der Waals surface area contributed by atoms with Crippen LogP contribution in [-0.4, -0.2) is 42.8 Å². The molecule has 108 valence electrons. The number of H-pyrrole nitrogens is 2. The molecule has 0 bridgehead atoms. The third-order valence-corrected chi connectivity index (χ3v) is 3.20. The lowest BCUT2D eigenvalue weighted by molar-refractivity contribution is -0.121. The van der Waals surface area contributed by atoms with Crippen LogP contribution < -0.4 is 11.0 Å². The molecule has 8 heteroatoms. The lowest BCUT2D eigenvalue weighted by atomic mass is 10.2. The first-order chi connectivity index (χ1) is 9.60. The fourth-order valence-corrected chi connectivity index (χ4v) is 2.09. The molecule has 2 rings (SSSR count). The molecule has 1 aromatic carbocycles. The Labute approximate surface area is 122 Å². The first-order valence-electron chi connectivity index (χ1n) is 5.88. The molecule has 0 aliphatic heterocycles. The highest BCUT2D eigenvalue weighted by Gasteiger charge is 2.09. The lowest BCUT2D eigenvalue weighted by Gasteiger charge is -2.08. The van der Waals surface area contributed by atoms with Crippen molar-refractivity contribution in [1.29, 1.82) is 0 Å². The number of imidazole rings is 1. The van der Waals surface area contributed by atoms with Crippen molar-refractivity contribution >= 4 is 38.6 Å². The number of aromatic amines is 2. The molecular formula is C12H14BrN3O4. The first kappa shape index (κ1) is 14.8. The molecule has 3 N–H and O–H groups in total. The van der Waals surface area contributed by atoms with Crippen molar-refractivity contribution in [2.75, 3.05) is 32.2 Å². The molecular weight excluding hydrogens is 330 g/mol. The molecule has 0 unspecified atom stereocenters. The number of carbonyl (C=O) groups excluding carboxylic acids is 1. The predicted molar refractivity (Wildman–Crippen MR) is 77.9 cm³/mol. The monoisotopic (exact) mass is 343 g/mol. The summed E-state index contributed by atoms with van der Waals surface area (Å²) in [5.41, 5.74) is 1.55. The maximum atomic E-state index is 11.7. The number of fused-ring (bicyclic) bond motifs is 1. The van der Waals surface area contributed by atoms with Gasteiger partial charge in [0.1, 0.15) is 6.61 Å². The predicted octanol–water partition coefficient (Wildman–Crippen LogP) is 1.22. The number of amides is 1. The summed E-state index contributed by atoms with van der Waals surface area (Å²) in [5.74, 6) is -0.279. The molecule has 2 aromatic rings. The van der Waals surface area contributed by atoms with E-state index in [1.807, 2.05) is 0 Å². The van der Waals surface area contributed by atoms with Crippen molar-refractivity contribution < 1.29 is 14.3 Å². The third-order valence-electron chi connectivity index (χ3n) is 2.54. The smallest absolute Gasteiger partial charge is 0.323 e. The van der Waals surface area contributed by atoms with Crippen LogP contribution in [0.4, 0.5) is 5.69 Å². The average molecular weight is 344 g/mol. The van der Waals surface area contributed by atoms with E-state index < -0.39 is 0 Å². The minimum atomic E-state index is -0.293. The van der Waals surface area contributed by atoms with Crippen LogP contribution in [0.15, 0.2) is 21.4 Å². The van der Waals surface area contributed by atoms with Crippen molar-refractivity contribution in [3.05, 3.63) is 27.1 Å². The Morgan fingerprint density at radius 3 is 2.70 bits per heavy atom. The Morgan fingerprint density at radius 1 is 1.30 bits per heavy atom. The quantitative estimate of drug-likeness (QED) is 0.687. The van der Waals surface area contributed by atoms with E-state index in [0.29, 0.717) is 34.4 Å². The summed E-state index contributed by atoms with van der Waals surface area (Å²) in [6.07, 6.45) is 0. The summed E-state index contributed by atoms with van der Waals surface area (Å²) in [6, 6.07) is 3.39. The topological polar surface area (TPSA) is 96.2 Å². The number of rotatable bonds is 6. The van der Waals surface area contributed by atoms with Gasteiger partial charge >= 0.3 is 5.69 Å². The van der Waals surface area contributed by atoms with Gasteiger partial charge in [0.25, 0.3) is 0 Å². The Morgan fingerprint density at radius 2 is 2.00 bits per heavy atom. The SMILES string of the molecule is COCCOCC(=O)Nc1cc2[nH]c(=O)[nH]c2cc1Br. The molecule has 1 aromatic heterocycles. The van der Waals surface area contributed by atoms with Crippen LogP contribution in [0.2, 0.25) is 0 Å². The van der Waals surface area contributed by atoms with Gasteiger partial charge in [-0.05, 0) is 28.1 Å². The molecule has 0 atom stereocenters. The third kappa shape index (κ3) is 3.69. The second-order valence-corrected chi connectivity index (χ2v) is 4.90. The molecule has 0 aliphatic carbocycles. The van der Waals surface area contributed by atoms with Gasteiger partial charge in [0.2, 0.25) is 5.91 Å². The molecule has 0 aliphatic rings. The summed E-state index contributed by atoms with van der Waals surface area (Å²) >= 11 is 3.34. The van der Waals surface area contributed by atoms with E-state index in [1.165, 1.54) is 0 Å². The van der Waals surface area contributed by atoms with Gasteiger partial charge in [-0.25, -0.2) is 4.79 Å².